The number of nitrogen functional groups attached to an aromatic ring is 1. The van der Waals surface area contributed by atoms with Gasteiger partial charge in [-0.25, -0.2) is 9.97 Å². The highest BCUT2D eigenvalue weighted by Gasteiger charge is 2.17. The topological polar surface area (TPSA) is 70.3 Å². The van der Waals surface area contributed by atoms with E-state index in [1.807, 2.05) is 6.07 Å². The summed E-state index contributed by atoms with van der Waals surface area (Å²) in [4.78, 5) is 8.37. The molecule has 0 saturated carbocycles. The molecule has 1 saturated heterocycles. The quantitative estimate of drug-likeness (QED) is 0.811. The zero-order chi connectivity index (χ0) is 11.0. The number of thiazole rings is 1. The van der Waals surface area contributed by atoms with Gasteiger partial charge in [-0.05, 0) is 6.07 Å². The van der Waals surface area contributed by atoms with Crippen LogP contribution < -0.4 is 5.73 Å². The summed E-state index contributed by atoms with van der Waals surface area (Å²) in [7, 11) is 0. The fourth-order valence-electron chi connectivity index (χ4n) is 1.71. The molecule has 0 amide bonds. The van der Waals surface area contributed by atoms with Gasteiger partial charge < -0.3 is 15.2 Å². The summed E-state index contributed by atoms with van der Waals surface area (Å²) >= 11 is 1.44. The Kier molecular flexibility index (Phi) is 2.47. The van der Waals surface area contributed by atoms with Gasteiger partial charge >= 0.3 is 0 Å². The number of nitrogens with two attached hydrogens (primary N) is 1. The van der Waals surface area contributed by atoms with Gasteiger partial charge in [-0.15, -0.1) is 0 Å². The molecule has 2 aromatic heterocycles. The lowest BCUT2D eigenvalue weighted by Crippen LogP contribution is -2.21. The Morgan fingerprint density at radius 2 is 2.38 bits per heavy atom. The molecule has 0 spiro atoms. The molecule has 3 rings (SSSR count). The normalized spacial score (nSPS) is 21.4. The highest BCUT2D eigenvalue weighted by molar-refractivity contribution is 7.21. The van der Waals surface area contributed by atoms with E-state index >= 15 is 0 Å². The molecular formula is C10H11N3O2S. The van der Waals surface area contributed by atoms with Crippen molar-refractivity contribution in [2.45, 2.75) is 6.10 Å². The standard InChI is InChI=1S/C10H11N3O2S/c11-10-13-9-8(16-10)3-6(4-12-9)7-5-14-1-2-15-7/h3-4,7H,1-2,5H2,(H2,11,12,13). The lowest BCUT2D eigenvalue weighted by molar-refractivity contribution is -0.0902. The number of pyridine rings is 1. The van der Waals surface area contributed by atoms with Crippen LogP contribution in [-0.4, -0.2) is 29.8 Å². The predicted molar refractivity (Wildman–Crippen MR) is 61.3 cm³/mol. The minimum atomic E-state index is -0.0195. The molecule has 0 aromatic carbocycles. The van der Waals surface area contributed by atoms with Crippen molar-refractivity contribution >= 4 is 26.8 Å². The maximum atomic E-state index is 5.63. The average molecular weight is 237 g/mol. The van der Waals surface area contributed by atoms with Gasteiger partial charge in [0.2, 0.25) is 0 Å². The molecule has 16 heavy (non-hydrogen) atoms. The number of ether oxygens (including phenoxy) is 2. The van der Waals surface area contributed by atoms with E-state index in [0.29, 0.717) is 30.6 Å². The first-order valence-corrected chi connectivity index (χ1v) is 5.86. The molecule has 3 heterocycles. The first kappa shape index (κ1) is 9.95. The van der Waals surface area contributed by atoms with Crippen molar-refractivity contribution in [2.24, 2.45) is 0 Å². The van der Waals surface area contributed by atoms with Gasteiger partial charge in [0, 0.05) is 11.8 Å². The van der Waals surface area contributed by atoms with Gasteiger partial charge in [0.1, 0.15) is 6.10 Å². The summed E-state index contributed by atoms with van der Waals surface area (Å²) in [5, 5.41) is 0.542. The van der Waals surface area contributed by atoms with Crippen LogP contribution in [0.25, 0.3) is 10.3 Å². The van der Waals surface area contributed by atoms with Crippen LogP contribution in [0.4, 0.5) is 5.13 Å². The largest absolute Gasteiger partial charge is 0.376 e. The predicted octanol–water partition coefficient (Wildman–Crippen LogP) is 1.36. The second-order valence-electron chi connectivity index (χ2n) is 3.58. The van der Waals surface area contributed by atoms with Crippen LogP contribution in [0.1, 0.15) is 11.7 Å². The molecule has 2 aromatic rings. The van der Waals surface area contributed by atoms with Crippen molar-refractivity contribution in [3.8, 4) is 0 Å². The Morgan fingerprint density at radius 3 is 3.19 bits per heavy atom. The molecule has 1 aliphatic rings. The fraction of sp³-hybridized carbons (Fsp3) is 0.400. The maximum absolute atomic E-state index is 5.63. The molecule has 1 aliphatic heterocycles. The molecule has 1 fully saturated rings. The van der Waals surface area contributed by atoms with Crippen molar-refractivity contribution in [3.63, 3.8) is 0 Å². The van der Waals surface area contributed by atoms with Gasteiger partial charge in [-0.2, -0.15) is 0 Å². The van der Waals surface area contributed by atoms with Gasteiger partial charge in [0.15, 0.2) is 10.8 Å². The molecule has 1 unspecified atom stereocenters. The Balaban J connectivity index is 1.97. The van der Waals surface area contributed by atoms with E-state index in [1.165, 1.54) is 11.3 Å². The minimum absolute atomic E-state index is 0.0195. The Bertz CT molecular complexity index is 508. The summed E-state index contributed by atoms with van der Waals surface area (Å²) in [5.41, 5.74) is 7.35. The van der Waals surface area contributed by atoms with Crippen LogP contribution in [0, 0.1) is 0 Å². The van der Waals surface area contributed by atoms with Gasteiger partial charge in [0.25, 0.3) is 0 Å². The lowest BCUT2D eigenvalue weighted by atomic mass is 10.1. The second kappa shape index (κ2) is 3.97. The van der Waals surface area contributed by atoms with Crippen LogP contribution in [0.5, 0.6) is 0 Å². The zero-order valence-corrected chi connectivity index (χ0v) is 9.37. The Morgan fingerprint density at radius 1 is 1.44 bits per heavy atom. The van der Waals surface area contributed by atoms with E-state index < -0.39 is 0 Å². The molecule has 6 heteroatoms. The first-order chi connectivity index (χ1) is 7.83. The summed E-state index contributed by atoms with van der Waals surface area (Å²) in [5.74, 6) is 0. The monoisotopic (exact) mass is 237 g/mol. The van der Waals surface area contributed by atoms with Crippen LogP contribution >= 0.6 is 11.3 Å². The van der Waals surface area contributed by atoms with Crippen molar-refractivity contribution in [1.82, 2.24) is 9.97 Å². The zero-order valence-electron chi connectivity index (χ0n) is 8.55. The average Bonchev–Trinajstić information content (AvgIpc) is 2.69. The molecule has 1 atom stereocenters. The maximum Gasteiger partial charge on any atom is 0.182 e. The van der Waals surface area contributed by atoms with E-state index in [-0.39, 0.29) is 6.10 Å². The molecule has 5 nitrogen and oxygen atoms in total. The summed E-state index contributed by atoms with van der Waals surface area (Å²) in [6.45, 7) is 1.88. The van der Waals surface area contributed by atoms with Crippen LogP contribution in [0.3, 0.4) is 0 Å². The lowest BCUT2D eigenvalue weighted by Gasteiger charge is -2.22. The summed E-state index contributed by atoms with van der Waals surface area (Å²) in [6, 6.07) is 2.02. The third kappa shape index (κ3) is 1.75. The number of hydrogen-bond acceptors (Lipinski definition) is 6. The van der Waals surface area contributed by atoms with E-state index in [2.05, 4.69) is 9.97 Å². The number of fused-ring (bicyclic) bond motifs is 1. The van der Waals surface area contributed by atoms with Crippen molar-refractivity contribution in [3.05, 3.63) is 17.8 Å². The van der Waals surface area contributed by atoms with Gasteiger partial charge in [-0.3, -0.25) is 0 Å². The van der Waals surface area contributed by atoms with E-state index in [0.717, 1.165) is 10.3 Å². The summed E-state index contributed by atoms with van der Waals surface area (Å²) in [6.07, 6.45) is 1.76. The van der Waals surface area contributed by atoms with Crippen molar-refractivity contribution in [2.75, 3.05) is 25.6 Å². The van der Waals surface area contributed by atoms with Crippen LogP contribution in [-0.2, 0) is 9.47 Å². The van der Waals surface area contributed by atoms with Crippen LogP contribution in [0.15, 0.2) is 12.3 Å². The van der Waals surface area contributed by atoms with E-state index in [4.69, 9.17) is 15.2 Å². The number of hydrogen-bond donors (Lipinski definition) is 1. The first-order valence-electron chi connectivity index (χ1n) is 5.04. The fourth-order valence-corrected chi connectivity index (χ4v) is 2.45. The molecule has 0 radical (unpaired) electrons. The van der Waals surface area contributed by atoms with Gasteiger partial charge in [-0.1, -0.05) is 11.3 Å². The highest BCUT2D eigenvalue weighted by atomic mass is 32.1. The van der Waals surface area contributed by atoms with Crippen LogP contribution in [0.2, 0.25) is 0 Å². The number of anilines is 1. The SMILES string of the molecule is Nc1nc2ncc(C3COCCO3)cc2s1. The minimum Gasteiger partial charge on any atom is -0.376 e. The van der Waals surface area contributed by atoms with E-state index in [1.54, 1.807) is 6.20 Å². The molecule has 84 valence electrons. The number of aromatic nitrogens is 2. The highest BCUT2D eigenvalue weighted by Crippen LogP contribution is 2.27. The third-order valence-electron chi connectivity index (χ3n) is 2.47. The summed E-state index contributed by atoms with van der Waals surface area (Å²) < 4.78 is 12.0. The van der Waals surface area contributed by atoms with Crippen molar-refractivity contribution < 1.29 is 9.47 Å². The Labute approximate surface area is 96.2 Å². The van der Waals surface area contributed by atoms with Crippen molar-refractivity contribution in [1.29, 1.82) is 0 Å². The number of rotatable bonds is 1. The second-order valence-corrected chi connectivity index (χ2v) is 4.64. The molecular weight excluding hydrogens is 226 g/mol. The van der Waals surface area contributed by atoms with Gasteiger partial charge in [0.05, 0.1) is 24.5 Å². The number of nitrogens with zero attached hydrogens (tertiary/aromatic N) is 2. The Hall–Kier alpha value is -1.24. The molecule has 0 aliphatic carbocycles. The third-order valence-corrected chi connectivity index (χ3v) is 3.29. The molecule has 0 bridgehead atoms. The van der Waals surface area contributed by atoms with E-state index in [9.17, 15) is 0 Å². The molecule has 2 N–H and O–H groups in total. The smallest absolute Gasteiger partial charge is 0.182 e.